The van der Waals surface area contributed by atoms with E-state index in [1.54, 1.807) is 6.20 Å². The fourth-order valence-corrected chi connectivity index (χ4v) is 2.91. The van der Waals surface area contributed by atoms with Crippen LogP contribution in [0.3, 0.4) is 0 Å². The highest BCUT2D eigenvalue weighted by Gasteiger charge is 2.19. The van der Waals surface area contributed by atoms with Crippen molar-refractivity contribution < 1.29 is 4.74 Å². The number of hydrogen-bond donors (Lipinski definition) is 1. The Morgan fingerprint density at radius 1 is 1.20 bits per heavy atom. The van der Waals surface area contributed by atoms with E-state index in [4.69, 9.17) is 22.7 Å². The smallest absolute Gasteiger partial charge is 0.140 e. The predicted molar refractivity (Wildman–Crippen MR) is 85.1 cm³/mol. The number of rotatable bonds is 3. The number of nitrogens with two attached hydrogens (primary N) is 1. The Labute approximate surface area is 124 Å². The molecule has 2 aromatic rings. The maximum atomic E-state index is 6.25. The van der Waals surface area contributed by atoms with Crippen molar-refractivity contribution in [1.29, 1.82) is 0 Å². The Morgan fingerprint density at radius 3 is 2.70 bits per heavy atom. The summed E-state index contributed by atoms with van der Waals surface area (Å²) in [5.41, 5.74) is 7.48. The molecule has 0 amide bonds. The number of nitrogens with zero attached hydrogens (tertiary/aromatic N) is 1. The van der Waals surface area contributed by atoms with Crippen molar-refractivity contribution in [3.05, 3.63) is 36.0 Å². The first-order valence-corrected chi connectivity index (χ1v) is 7.51. The van der Waals surface area contributed by atoms with Crippen LogP contribution < -0.4 is 10.5 Å². The molecule has 3 rings (SSSR count). The van der Waals surface area contributed by atoms with Gasteiger partial charge in [0.2, 0.25) is 0 Å². The molecule has 0 saturated heterocycles. The molecule has 0 aliphatic heterocycles. The van der Waals surface area contributed by atoms with Crippen LogP contribution in [0.25, 0.3) is 10.9 Å². The van der Waals surface area contributed by atoms with Crippen molar-refractivity contribution in [2.24, 2.45) is 5.73 Å². The van der Waals surface area contributed by atoms with Crippen LogP contribution in [0.1, 0.15) is 37.7 Å². The average molecular weight is 286 g/mol. The minimum Gasteiger partial charge on any atom is -0.489 e. The molecule has 0 atom stereocenters. The summed E-state index contributed by atoms with van der Waals surface area (Å²) < 4.78 is 6.25. The summed E-state index contributed by atoms with van der Waals surface area (Å²) in [6.45, 7) is 0. The van der Waals surface area contributed by atoms with Gasteiger partial charge < -0.3 is 10.5 Å². The summed E-state index contributed by atoms with van der Waals surface area (Å²) in [5.74, 6) is 0.801. The zero-order valence-corrected chi connectivity index (χ0v) is 12.2. The second-order valence-electron chi connectivity index (χ2n) is 5.26. The first-order chi connectivity index (χ1) is 9.75. The summed E-state index contributed by atoms with van der Waals surface area (Å²) in [7, 11) is 0. The molecule has 0 bridgehead atoms. The van der Waals surface area contributed by atoms with E-state index in [0.29, 0.717) is 4.99 Å². The summed E-state index contributed by atoms with van der Waals surface area (Å²) in [6, 6.07) is 7.95. The van der Waals surface area contributed by atoms with Crippen molar-refractivity contribution in [3.63, 3.8) is 0 Å². The van der Waals surface area contributed by atoms with E-state index >= 15 is 0 Å². The SMILES string of the molecule is NC(=S)c1cnc2ccccc2c1OC1CCCCC1. The summed E-state index contributed by atoms with van der Waals surface area (Å²) in [4.78, 5) is 4.75. The Bertz CT molecular complexity index is 635. The van der Waals surface area contributed by atoms with Crippen LogP contribution >= 0.6 is 12.2 Å². The second kappa shape index (κ2) is 5.75. The van der Waals surface area contributed by atoms with Crippen LogP contribution in [0.15, 0.2) is 30.5 Å². The van der Waals surface area contributed by atoms with Crippen molar-refractivity contribution in [1.82, 2.24) is 4.98 Å². The fourth-order valence-electron chi connectivity index (χ4n) is 2.77. The molecule has 2 N–H and O–H groups in total. The highest BCUT2D eigenvalue weighted by molar-refractivity contribution is 7.80. The molecule has 1 saturated carbocycles. The Balaban J connectivity index is 2.04. The molecule has 4 heteroatoms. The number of ether oxygens (including phenoxy) is 1. The van der Waals surface area contributed by atoms with Gasteiger partial charge in [-0.1, -0.05) is 30.8 Å². The van der Waals surface area contributed by atoms with E-state index in [2.05, 4.69) is 4.98 Å². The lowest BCUT2D eigenvalue weighted by Crippen LogP contribution is -2.22. The number of para-hydroxylation sites is 1. The maximum Gasteiger partial charge on any atom is 0.140 e. The molecule has 20 heavy (non-hydrogen) atoms. The van der Waals surface area contributed by atoms with E-state index in [0.717, 1.165) is 35.1 Å². The van der Waals surface area contributed by atoms with Gasteiger partial charge in [-0.05, 0) is 37.8 Å². The van der Waals surface area contributed by atoms with Crippen LogP contribution in [-0.4, -0.2) is 16.1 Å². The van der Waals surface area contributed by atoms with Crippen LogP contribution in [0.5, 0.6) is 5.75 Å². The fraction of sp³-hybridized carbons (Fsp3) is 0.375. The van der Waals surface area contributed by atoms with Crippen LogP contribution in [0.2, 0.25) is 0 Å². The highest BCUT2D eigenvalue weighted by Crippen LogP contribution is 2.32. The van der Waals surface area contributed by atoms with Gasteiger partial charge in [0.15, 0.2) is 0 Å². The molecule has 104 valence electrons. The Morgan fingerprint density at radius 2 is 1.95 bits per heavy atom. The minimum atomic E-state index is 0.266. The third-order valence-electron chi connectivity index (χ3n) is 3.83. The molecular formula is C16H18N2OS. The van der Waals surface area contributed by atoms with Gasteiger partial charge in [0.05, 0.1) is 17.2 Å². The Kier molecular flexibility index (Phi) is 3.83. The molecular weight excluding hydrogens is 268 g/mol. The Hall–Kier alpha value is -1.68. The molecule has 1 aromatic carbocycles. The predicted octanol–water partition coefficient (Wildman–Crippen LogP) is 3.58. The highest BCUT2D eigenvalue weighted by atomic mass is 32.1. The van der Waals surface area contributed by atoms with Gasteiger partial charge in [0, 0.05) is 11.6 Å². The summed E-state index contributed by atoms with van der Waals surface area (Å²) in [5, 5.41) is 0.989. The lowest BCUT2D eigenvalue weighted by atomic mass is 9.97. The van der Waals surface area contributed by atoms with Gasteiger partial charge in [-0.3, -0.25) is 4.98 Å². The van der Waals surface area contributed by atoms with Gasteiger partial charge >= 0.3 is 0 Å². The molecule has 1 aliphatic carbocycles. The van der Waals surface area contributed by atoms with Crippen molar-refractivity contribution in [2.45, 2.75) is 38.2 Å². The lowest BCUT2D eigenvalue weighted by Gasteiger charge is -2.25. The lowest BCUT2D eigenvalue weighted by molar-refractivity contribution is 0.156. The van der Waals surface area contributed by atoms with E-state index in [1.165, 1.54) is 19.3 Å². The van der Waals surface area contributed by atoms with E-state index in [1.807, 2.05) is 24.3 Å². The second-order valence-corrected chi connectivity index (χ2v) is 5.70. The monoisotopic (exact) mass is 286 g/mol. The van der Waals surface area contributed by atoms with Crippen molar-refractivity contribution >= 4 is 28.1 Å². The van der Waals surface area contributed by atoms with Crippen molar-refractivity contribution in [3.8, 4) is 5.75 Å². The van der Waals surface area contributed by atoms with Gasteiger partial charge in [-0.2, -0.15) is 0 Å². The van der Waals surface area contributed by atoms with Crippen LogP contribution in [-0.2, 0) is 0 Å². The standard InChI is InChI=1S/C16H18N2OS/c17-16(20)13-10-18-14-9-5-4-8-12(14)15(13)19-11-6-2-1-3-7-11/h4-5,8-11H,1-3,6-7H2,(H2,17,20). The first-order valence-electron chi connectivity index (χ1n) is 7.10. The van der Waals surface area contributed by atoms with Crippen LogP contribution in [0, 0.1) is 0 Å². The average Bonchev–Trinajstić information content (AvgIpc) is 2.48. The normalized spacial score (nSPS) is 16.2. The molecule has 1 aliphatic rings. The van der Waals surface area contributed by atoms with Crippen molar-refractivity contribution in [2.75, 3.05) is 0 Å². The number of aromatic nitrogens is 1. The number of fused-ring (bicyclic) bond motifs is 1. The van der Waals surface area contributed by atoms with E-state index in [9.17, 15) is 0 Å². The number of pyridine rings is 1. The zero-order chi connectivity index (χ0) is 13.9. The number of hydrogen-bond acceptors (Lipinski definition) is 3. The first kappa shape index (κ1) is 13.3. The quantitative estimate of drug-likeness (QED) is 0.876. The summed E-state index contributed by atoms with van der Waals surface area (Å²) in [6.07, 6.45) is 7.97. The minimum absolute atomic E-state index is 0.266. The van der Waals surface area contributed by atoms with E-state index in [-0.39, 0.29) is 6.10 Å². The third kappa shape index (κ3) is 2.61. The molecule has 1 heterocycles. The van der Waals surface area contributed by atoms with Crippen LogP contribution in [0.4, 0.5) is 0 Å². The van der Waals surface area contributed by atoms with E-state index < -0.39 is 0 Å². The topological polar surface area (TPSA) is 48.1 Å². The largest absolute Gasteiger partial charge is 0.489 e. The molecule has 1 aromatic heterocycles. The zero-order valence-electron chi connectivity index (χ0n) is 11.3. The van der Waals surface area contributed by atoms with Gasteiger partial charge in [0.1, 0.15) is 10.7 Å². The van der Waals surface area contributed by atoms with Gasteiger partial charge in [-0.25, -0.2) is 0 Å². The molecule has 0 spiro atoms. The molecule has 0 unspecified atom stereocenters. The van der Waals surface area contributed by atoms with Gasteiger partial charge in [0.25, 0.3) is 0 Å². The molecule has 1 fully saturated rings. The number of thiocarbonyl (C=S) groups is 1. The van der Waals surface area contributed by atoms with Gasteiger partial charge in [-0.15, -0.1) is 0 Å². The molecule has 0 radical (unpaired) electrons. The maximum absolute atomic E-state index is 6.25. The third-order valence-corrected chi connectivity index (χ3v) is 4.05. The molecule has 3 nitrogen and oxygen atoms in total. The summed E-state index contributed by atoms with van der Waals surface area (Å²) >= 11 is 5.14. The number of benzene rings is 1.